The highest BCUT2D eigenvalue weighted by Crippen LogP contribution is 2.26. The maximum absolute atomic E-state index is 13.4. The van der Waals surface area contributed by atoms with Gasteiger partial charge >= 0.3 is 0 Å². The van der Waals surface area contributed by atoms with E-state index in [1.165, 1.54) is 6.92 Å². The highest BCUT2D eigenvalue weighted by Gasteiger charge is 2.25. The van der Waals surface area contributed by atoms with Gasteiger partial charge in [-0.2, -0.15) is 5.10 Å². The number of nitrogens with one attached hydrogen (secondary N) is 1. The third-order valence-electron chi connectivity index (χ3n) is 3.02. The molecule has 0 aliphatic rings. The molecule has 3 nitrogen and oxygen atoms in total. The van der Waals surface area contributed by atoms with Gasteiger partial charge < -0.3 is 0 Å². The Bertz CT molecular complexity index is 821. The van der Waals surface area contributed by atoms with Crippen molar-refractivity contribution in [1.82, 2.24) is 0 Å². The van der Waals surface area contributed by atoms with E-state index < -0.39 is 46.4 Å². The molecule has 0 heterocycles. The van der Waals surface area contributed by atoms with E-state index >= 15 is 0 Å². The van der Waals surface area contributed by atoms with Gasteiger partial charge in [-0.1, -0.05) is 0 Å². The number of aryl methyl sites for hydroxylation is 1. The van der Waals surface area contributed by atoms with E-state index in [9.17, 15) is 31.1 Å². The molecule has 0 saturated carbocycles. The lowest BCUT2D eigenvalue weighted by Crippen LogP contribution is -2.09. The van der Waals surface area contributed by atoms with Gasteiger partial charge in [-0.3, -0.25) is 10.2 Å². The second kappa shape index (κ2) is 6.73. The molecular weight excluding hydrogens is 338 g/mol. The minimum Gasteiger partial charge on any atom is -0.287 e. The lowest BCUT2D eigenvalue weighted by Gasteiger charge is -2.07. The van der Waals surface area contributed by atoms with Crippen molar-refractivity contribution in [2.75, 3.05) is 5.43 Å². The van der Waals surface area contributed by atoms with Crippen molar-refractivity contribution >= 4 is 17.7 Å². The van der Waals surface area contributed by atoms with Gasteiger partial charge in [0.25, 0.3) is 0 Å². The third-order valence-corrected chi connectivity index (χ3v) is 3.02. The van der Waals surface area contributed by atoms with Crippen LogP contribution < -0.4 is 5.43 Å². The molecule has 1 N–H and O–H groups in total. The molecule has 0 unspecified atom stereocenters. The summed E-state index contributed by atoms with van der Waals surface area (Å²) in [5, 5.41) is 3.16. The smallest absolute Gasteiger partial charge is 0.206 e. The van der Waals surface area contributed by atoms with Crippen LogP contribution in [0.4, 0.5) is 32.0 Å². The van der Waals surface area contributed by atoms with Gasteiger partial charge in [-0.25, -0.2) is 26.3 Å². The summed E-state index contributed by atoms with van der Waals surface area (Å²) in [5.74, 6) is -12.2. The summed E-state index contributed by atoms with van der Waals surface area (Å²) in [7, 11) is 0. The highest BCUT2D eigenvalue weighted by molar-refractivity contribution is 6.35. The fraction of sp³-hybridized carbons (Fsp3) is 0.0667. The third kappa shape index (κ3) is 3.24. The molecule has 0 saturated heterocycles. The Labute approximate surface area is 131 Å². The van der Waals surface area contributed by atoms with Crippen molar-refractivity contribution in [2.24, 2.45) is 5.10 Å². The Morgan fingerprint density at radius 1 is 0.958 bits per heavy atom. The Kier molecular flexibility index (Phi) is 4.91. The number of halogens is 6. The zero-order valence-corrected chi connectivity index (χ0v) is 11.9. The molecule has 0 aliphatic carbocycles. The van der Waals surface area contributed by atoms with Crippen LogP contribution in [0, 0.1) is 41.8 Å². The molecule has 24 heavy (non-hydrogen) atoms. The zero-order chi connectivity index (χ0) is 18.0. The summed E-state index contributed by atoms with van der Waals surface area (Å²) in [4.78, 5) is 11.8. The number of hydrogen-bond donors (Lipinski definition) is 1. The van der Waals surface area contributed by atoms with Crippen molar-refractivity contribution in [3.63, 3.8) is 0 Å². The van der Waals surface area contributed by atoms with Crippen molar-refractivity contribution in [3.8, 4) is 0 Å². The standard InChI is InChI=1S/C15H8F6N2O/c1-6-4-7(16)2-3-8(6)9(24)5-22-23-15-13(20)11(18)10(17)12(19)14(15)21/h2-5,23H,1H3/b22-5-. The van der Waals surface area contributed by atoms with Gasteiger partial charge in [0.1, 0.15) is 11.5 Å². The summed E-state index contributed by atoms with van der Waals surface area (Å²) >= 11 is 0. The molecule has 0 aromatic heterocycles. The maximum atomic E-state index is 13.4. The summed E-state index contributed by atoms with van der Waals surface area (Å²) in [6.07, 6.45) is 0.568. The van der Waals surface area contributed by atoms with Gasteiger partial charge in [0.05, 0.1) is 6.21 Å². The average Bonchev–Trinajstić information content (AvgIpc) is 2.54. The lowest BCUT2D eigenvalue weighted by atomic mass is 10.1. The molecule has 0 radical (unpaired) electrons. The van der Waals surface area contributed by atoms with Crippen LogP contribution in [0.3, 0.4) is 0 Å². The number of anilines is 1. The van der Waals surface area contributed by atoms with E-state index in [4.69, 9.17) is 0 Å². The molecule has 0 spiro atoms. The summed E-state index contributed by atoms with van der Waals surface area (Å²) < 4.78 is 78.5. The molecule has 2 aromatic rings. The first-order valence-corrected chi connectivity index (χ1v) is 6.35. The van der Waals surface area contributed by atoms with E-state index in [1.54, 1.807) is 5.43 Å². The van der Waals surface area contributed by atoms with Crippen molar-refractivity contribution < 1.29 is 31.1 Å². The lowest BCUT2D eigenvalue weighted by molar-refractivity contribution is 0.107. The molecule has 0 bridgehead atoms. The minimum absolute atomic E-state index is 0.0550. The van der Waals surface area contributed by atoms with Gasteiger partial charge in [0.2, 0.25) is 11.6 Å². The second-order valence-corrected chi connectivity index (χ2v) is 4.64. The summed E-state index contributed by atoms with van der Waals surface area (Å²) in [6, 6.07) is 3.27. The van der Waals surface area contributed by atoms with Gasteiger partial charge in [0.15, 0.2) is 23.3 Å². The van der Waals surface area contributed by atoms with E-state index in [2.05, 4.69) is 5.10 Å². The summed E-state index contributed by atoms with van der Waals surface area (Å²) in [5.41, 5.74) is 0.538. The van der Waals surface area contributed by atoms with Gasteiger partial charge in [-0.15, -0.1) is 0 Å². The fourth-order valence-electron chi connectivity index (χ4n) is 1.83. The summed E-state index contributed by atoms with van der Waals surface area (Å²) in [6.45, 7) is 1.45. The van der Waals surface area contributed by atoms with Gasteiger partial charge in [0, 0.05) is 5.56 Å². The molecule has 0 amide bonds. The molecule has 126 valence electrons. The van der Waals surface area contributed by atoms with E-state index in [0.717, 1.165) is 18.2 Å². The number of ketones is 1. The van der Waals surface area contributed by atoms with Crippen LogP contribution >= 0.6 is 0 Å². The van der Waals surface area contributed by atoms with Gasteiger partial charge in [-0.05, 0) is 30.7 Å². The van der Waals surface area contributed by atoms with E-state index in [1.807, 2.05) is 0 Å². The highest BCUT2D eigenvalue weighted by atomic mass is 19.2. The Morgan fingerprint density at radius 2 is 1.50 bits per heavy atom. The number of carbonyl (C=O) groups is 1. The largest absolute Gasteiger partial charge is 0.287 e. The molecule has 0 atom stereocenters. The number of Topliss-reactive ketones (excluding diaryl/α,β-unsaturated/α-hetero) is 1. The van der Waals surface area contributed by atoms with Crippen molar-refractivity contribution in [2.45, 2.75) is 6.92 Å². The molecule has 0 aliphatic heterocycles. The maximum Gasteiger partial charge on any atom is 0.206 e. The quantitative estimate of drug-likeness (QED) is 0.226. The number of hydrazone groups is 1. The SMILES string of the molecule is Cc1cc(F)ccc1C(=O)/C=N\Nc1c(F)c(F)c(F)c(F)c1F. The number of nitrogens with zero attached hydrogens (tertiary/aromatic N) is 1. The Hall–Kier alpha value is -2.84. The molecule has 2 aromatic carbocycles. The predicted octanol–water partition coefficient (Wildman–Crippen LogP) is 4.11. The number of hydrogen-bond acceptors (Lipinski definition) is 3. The zero-order valence-electron chi connectivity index (χ0n) is 11.9. The molecule has 2 rings (SSSR count). The topological polar surface area (TPSA) is 41.5 Å². The molecular formula is C15H8F6N2O. The molecule has 0 fully saturated rings. The van der Waals surface area contributed by atoms with E-state index in [0.29, 0.717) is 6.21 Å². The average molecular weight is 346 g/mol. The first kappa shape index (κ1) is 17.5. The first-order chi connectivity index (χ1) is 11.2. The second-order valence-electron chi connectivity index (χ2n) is 4.64. The first-order valence-electron chi connectivity index (χ1n) is 6.35. The normalized spacial score (nSPS) is 11.1. The van der Waals surface area contributed by atoms with Crippen molar-refractivity contribution in [3.05, 3.63) is 64.2 Å². The fourth-order valence-corrected chi connectivity index (χ4v) is 1.83. The Morgan fingerprint density at radius 3 is 2.04 bits per heavy atom. The monoisotopic (exact) mass is 346 g/mol. The van der Waals surface area contributed by atoms with Crippen LogP contribution in [0.25, 0.3) is 0 Å². The van der Waals surface area contributed by atoms with Crippen molar-refractivity contribution in [1.29, 1.82) is 0 Å². The van der Waals surface area contributed by atoms with Crippen LogP contribution in [0.5, 0.6) is 0 Å². The minimum atomic E-state index is -2.31. The molecule has 9 heteroatoms. The number of rotatable bonds is 4. The van der Waals surface area contributed by atoms with E-state index in [-0.39, 0.29) is 11.1 Å². The van der Waals surface area contributed by atoms with Crippen LogP contribution in [0.15, 0.2) is 23.3 Å². The number of carbonyl (C=O) groups excluding carboxylic acids is 1. The van der Waals surface area contributed by atoms with Crippen LogP contribution in [-0.2, 0) is 0 Å². The number of benzene rings is 2. The van der Waals surface area contributed by atoms with Crippen LogP contribution in [0.2, 0.25) is 0 Å². The van der Waals surface area contributed by atoms with Crippen LogP contribution in [0.1, 0.15) is 15.9 Å². The van der Waals surface area contributed by atoms with Crippen LogP contribution in [-0.4, -0.2) is 12.0 Å². The Balaban J connectivity index is 2.25. The predicted molar refractivity (Wildman–Crippen MR) is 73.8 cm³/mol.